The van der Waals surface area contributed by atoms with E-state index in [0.717, 1.165) is 48.7 Å². The highest BCUT2D eigenvalue weighted by molar-refractivity contribution is 7.12. The van der Waals surface area contributed by atoms with Gasteiger partial charge in [-0.3, -0.25) is 0 Å². The van der Waals surface area contributed by atoms with Crippen molar-refractivity contribution in [2.75, 3.05) is 0 Å². The highest BCUT2D eigenvalue weighted by atomic mass is 32.1. The Kier molecular flexibility index (Phi) is 9.42. The van der Waals surface area contributed by atoms with Gasteiger partial charge in [-0.1, -0.05) is 72.8 Å². The summed E-state index contributed by atoms with van der Waals surface area (Å²) in [5.41, 5.74) is 5.28. The highest BCUT2D eigenvalue weighted by Gasteiger charge is 2.31. The van der Waals surface area contributed by atoms with Crippen LogP contribution in [0.5, 0.6) is 0 Å². The van der Waals surface area contributed by atoms with Crippen molar-refractivity contribution in [3.8, 4) is 0 Å². The van der Waals surface area contributed by atoms with Crippen LogP contribution in [0.15, 0.2) is 152 Å². The monoisotopic (exact) mass is 690 g/mol. The third-order valence-electron chi connectivity index (χ3n) is 8.89. The van der Waals surface area contributed by atoms with Gasteiger partial charge >= 0.3 is 0 Å². The first-order valence-corrected chi connectivity index (χ1v) is 16.7. The van der Waals surface area contributed by atoms with Gasteiger partial charge in [0.15, 0.2) is 0 Å². The van der Waals surface area contributed by atoms with Gasteiger partial charge in [-0.2, -0.15) is 0 Å². The zero-order valence-electron chi connectivity index (χ0n) is 26.3. The molecular weight excluding hydrogens is 663 g/mol. The van der Waals surface area contributed by atoms with Crippen molar-refractivity contribution in [3.05, 3.63) is 235 Å². The van der Waals surface area contributed by atoms with Gasteiger partial charge < -0.3 is 0 Å². The molecule has 248 valence electrons. The van der Waals surface area contributed by atoms with Gasteiger partial charge in [-0.25, -0.2) is 26.3 Å². The molecule has 0 N–H and O–H groups in total. The molecule has 0 aliphatic carbocycles. The normalized spacial score (nSPS) is 11.5. The predicted molar refractivity (Wildman–Crippen MR) is 186 cm³/mol. The fraction of sp³-hybridized carbons (Fsp3) is 0.0698. The lowest BCUT2D eigenvalue weighted by molar-refractivity contribution is 0.624. The molecule has 0 aliphatic rings. The first-order valence-electron chi connectivity index (χ1n) is 15.9. The largest absolute Gasteiger partial charge is 0.207 e. The maximum atomic E-state index is 14.3. The van der Waals surface area contributed by atoms with E-state index in [4.69, 9.17) is 0 Å². The van der Waals surface area contributed by atoms with Crippen LogP contribution in [0, 0.1) is 34.9 Å². The predicted octanol–water partition coefficient (Wildman–Crippen LogP) is 12.1. The topological polar surface area (TPSA) is 0 Å². The van der Waals surface area contributed by atoms with Gasteiger partial charge in [0.05, 0.1) is 0 Å². The third-order valence-corrected chi connectivity index (χ3v) is 10.2. The smallest absolute Gasteiger partial charge is 0.123 e. The second-order valence-electron chi connectivity index (χ2n) is 12.1. The van der Waals surface area contributed by atoms with Gasteiger partial charge in [-0.15, -0.1) is 11.3 Å². The van der Waals surface area contributed by atoms with Gasteiger partial charge in [0, 0.05) is 27.5 Å². The summed E-state index contributed by atoms with van der Waals surface area (Å²) < 4.78 is 85.6. The standard InChI is InChI=1S/C43H28F6S/c44-32-13-1-26(2-14-32)40(27-3-15-33(45)16-4-27)38-25-39(41(28-5-17-34(46)18-6-28)29-7-19-35(47)20-8-29)50-43(38)42(30-9-21-36(48)22-10-30)31-11-23-37(49)24-12-31/h1-25,40-42H. The molecule has 1 aromatic heterocycles. The van der Waals surface area contributed by atoms with Crippen molar-refractivity contribution in [2.45, 2.75) is 17.8 Å². The molecule has 0 amide bonds. The summed E-state index contributed by atoms with van der Waals surface area (Å²) in [4.78, 5) is 1.66. The van der Waals surface area contributed by atoms with Crippen molar-refractivity contribution in [1.29, 1.82) is 0 Å². The van der Waals surface area contributed by atoms with Crippen LogP contribution in [-0.4, -0.2) is 0 Å². The van der Waals surface area contributed by atoms with E-state index >= 15 is 0 Å². The molecule has 0 radical (unpaired) electrons. The molecule has 0 atom stereocenters. The minimum atomic E-state index is -0.526. The average Bonchev–Trinajstić information content (AvgIpc) is 3.53. The molecule has 0 nitrogen and oxygen atoms in total. The summed E-state index contributed by atoms with van der Waals surface area (Å²) in [6.45, 7) is 0. The molecule has 7 rings (SSSR count). The first kappa shape index (κ1) is 33.1. The molecule has 1 heterocycles. The van der Waals surface area contributed by atoms with Crippen molar-refractivity contribution < 1.29 is 26.3 Å². The summed E-state index contributed by atoms with van der Waals surface area (Å²) in [5, 5.41) is 0. The fourth-order valence-electron chi connectivity index (χ4n) is 6.53. The summed E-state index contributed by atoms with van der Waals surface area (Å²) in [6.07, 6.45) is 0. The number of benzene rings is 6. The number of thiophene rings is 1. The lowest BCUT2D eigenvalue weighted by Crippen LogP contribution is -2.10. The van der Waals surface area contributed by atoms with Crippen LogP contribution in [0.1, 0.15) is 66.5 Å². The van der Waals surface area contributed by atoms with Crippen LogP contribution in [0.4, 0.5) is 26.3 Å². The van der Waals surface area contributed by atoms with Crippen molar-refractivity contribution in [2.24, 2.45) is 0 Å². The maximum absolute atomic E-state index is 14.3. The van der Waals surface area contributed by atoms with E-state index in [2.05, 4.69) is 0 Å². The second kappa shape index (κ2) is 14.2. The molecule has 0 aliphatic heterocycles. The molecule has 7 heteroatoms. The Labute approximate surface area is 290 Å². The number of rotatable bonds is 9. The van der Waals surface area contributed by atoms with E-state index in [1.165, 1.54) is 84.1 Å². The van der Waals surface area contributed by atoms with E-state index < -0.39 is 52.7 Å². The van der Waals surface area contributed by atoms with Crippen LogP contribution in [0.2, 0.25) is 0 Å². The van der Waals surface area contributed by atoms with Crippen molar-refractivity contribution in [1.82, 2.24) is 0 Å². The third kappa shape index (κ3) is 7.00. The van der Waals surface area contributed by atoms with Crippen LogP contribution >= 0.6 is 11.3 Å². The Morgan fingerprint density at radius 2 is 0.540 bits per heavy atom. The number of hydrogen-bond donors (Lipinski definition) is 0. The molecule has 0 saturated heterocycles. The summed E-state index contributed by atoms with van der Waals surface area (Å²) >= 11 is 1.47. The van der Waals surface area contributed by atoms with Crippen molar-refractivity contribution >= 4 is 11.3 Å². The lowest BCUT2D eigenvalue weighted by Gasteiger charge is -2.24. The van der Waals surface area contributed by atoms with Gasteiger partial charge in [-0.05, 0) is 118 Å². The number of halogens is 6. The van der Waals surface area contributed by atoms with Crippen LogP contribution in [0.25, 0.3) is 0 Å². The Bertz CT molecular complexity index is 1940. The molecule has 0 bridgehead atoms. The zero-order chi connectivity index (χ0) is 34.8. The van der Waals surface area contributed by atoms with E-state index in [9.17, 15) is 26.3 Å². The van der Waals surface area contributed by atoms with E-state index in [1.54, 1.807) is 72.8 Å². The zero-order valence-corrected chi connectivity index (χ0v) is 27.2. The molecule has 0 saturated carbocycles. The first-order chi connectivity index (χ1) is 24.2. The molecule has 0 unspecified atom stereocenters. The van der Waals surface area contributed by atoms with Gasteiger partial charge in [0.1, 0.15) is 34.9 Å². The maximum Gasteiger partial charge on any atom is 0.123 e. The average molecular weight is 691 g/mol. The van der Waals surface area contributed by atoms with Crippen molar-refractivity contribution in [3.63, 3.8) is 0 Å². The molecule has 50 heavy (non-hydrogen) atoms. The van der Waals surface area contributed by atoms with E-state index in [-0.39, 0.29) is 0 Å². The van der Waals surface area contributed by atoms with Crippen LogP contribution < -0.4 is 0 Å². The van der Waals surface area contributed by atoms with Gasteiger partial charge in [0.25, 0.3) is 0 Å². The second-order valence-corrected chi connectivity index (χ2v) is 13.2. The van der Waals surface area contributed by atoms with Crippen LogP contribution in [0.3, 0.4) is 0 Å². The quantitative estimate of drug-likeness (QED) is 0.132. The number of hydrogen-bond acceptors (Lipinski definition) is 1. The molecule has 0 spiro atoms. The molecule has 6 aromatic carbocycles. The Balaban J connectivity index is 1.54. The Morgan fingerprint density at radius 3 is 0.820 bits per heavy atom. The molecular formula is C43H28F6S. The van der Waals surface area contributed by atoms with E-state index in [1.807, 2.05) is 6.07 Å². The molecule has 0 fully saturated rings. The minimum absolute atomic E-state index is 0.403. The Morgan fingerprint density at radius 1 is 0.300 bits per heavy atom. The SMILES string of the molecule is Fc1ccc(C(c2ccc(F)cc2)c2cc(C(c3ccc(F)cc3)c3ccc(F)cc3)c(C(c3ccc(F)cc3)c3ccc(F)cc3)s2)cc1. The Hall–Kier alpha value is -5.40. The fourth-order valence-corrected chi connectivity index (χ4v) is 8.05. The van der Waals surface area contributed by atoms with Crippen LogP contribution in [-0.2, 0) is 0 Å². The lowest BCUT2D eigenvalue weighted by atomic mass is 9.80. The van der Waals surface area contributed by atoms with E-state index in [0.29, 0.717) is 0 Å². The highest BCUT2D eigenvalue weighted by Crippen LogP contribution is 2.48. The summed E-state index contributed by atoms with van der Waals surface area (Å²) in [6, 6.07) is 38.8. The minimum Gasteiger partial charge on any atom is -0.207 e. The van der Waals surface area contributed by atoms with Gasteiger partial charge in [0.2, 0.25) is 0 Å². The summed E-state index contributed by atoms with van der Waals surface area (Å²) in [5.74, 6) is -3.97. The summed E-state index contributed by atoms with van der Waals surface area (Å²) in [7, 11) is 0. The molecule has 7 aromatic rings.